The number of hydrogen-bond donors (Lipinski definition) is 1. The molecular formula is C13H22N2O2. The zero-order valence-corrected chi connectivity index (χ0v) is 10.9. The molecule has 0 aromatic carbocycles. The Labute approximate surface area is 103 Å². The lowest BCUT2D eigenvalue weighted by Gasteiger charge is -2.16. The molecule has 0 radical (unpaired) electrons. The maximum absolute atomic E-state index is 5.50. The van der Waals surface area contributed by atoms with Crippen molar-refractivity contribution in [1.82, 2.24) is 10.3 Å². The van der Waals surface area contributed by atoms with Crippen LogP contribution in [-0.4, -0.2) is 32.4 Å². The topological polar surface area (TPSA) is 43.4 Å². The van der Waals surface area contributed by atoms with E-state index in [1.807, 2.05) is 19.3 Å². The highest BCUT2D eigenvalue weighted by molar-refractivity contribution is 5.25. The van der Waals surface area contributed by atoms with Gasteiger partial charge in [-0.05, 0) is 31.5 Å². The van der Waals surface area contributed by atoms with E-state index in [4.69, 9.17) is 9.47 Å². The Morgan fingerprint density at radius 2 is 2.18 bits per heavy atom. The highest BCUT2D eigenvalue weighted by atomic mass is 16.5. The molecule has 0 saturated heterocycles. The molecule has 1 rings (SSSR count). The molecular weight excluding hydrogens is 216 g/mol. The highest BCUT2D eigenvalue weighted by Crippen LogP contribution is 2.19. The second kappa shape index (κ2) is 8.03. The van der Waals surface area contributed by atoms with Crippen LogP contribution in [0.15, 0.2) is 18.5 Å². The van der Waals surface area contributed by atoms with Gasteiger partial charge in [-0.15, -0.1) is 0 Å². The zero-order chi connectivity index (χ0) is 12.5. The fourth-order valence-electron chi connectivity index (χ4n) is 1.66. The number of rotatable bonds is 8. The van der Waals surface area contributed by atoms with E-state index in [1.54, 1.807) is 13.3 Å². The Bertz CT molecular complexity index is 318. The molecule has 0 aliphatic heterocycles. The number of hydrogen-bond acceptors (Lipinski definition) is 4. The van der Waals surface area contributed by atoms with E-state index in [2.05, 4.69) is 17.2 Å². The lowest BCUT2D eigenvalue weighted by molar-refractivity contribution is 0.125. The third kappa shape index (κ3) is 4.71. The fourth-order valence-corrected chi connectivity index (χ4v) is 1.66. The minimum Gasteiger partial charge on any atom is -0.495 e. The molecule has 17 heavy (non-hydrogen) atoms. The smallest absolute Gasteiger partial charge is 0.137 e. The minimum atomic E-state index is 0.259. The molecule has 0 aliphatic carbocycles. The van der Waals surface area contributed by atoms with Gasteiger partial charge in [-0.3, -0.25) is 4.98 Å². The van der Waals surface area contributed by atoms with Gasteiger partial charge < -0.3 is 14.8 Å². The monoisotopic (exact) mass is 238 g/mol. The minimum absolute atomic E-state index is 0.259. The van der Waals surface area contributed by atoms with E-state index in [-0.39, 0.29) is 6.04 Å². The van der Waals surface area contributed by atoms with Crippen molar-refractivity contribution in [2.24, 2.45) is 0 Å². The third-order valence-electron chi connectivity index (χ3n) is 2.62. The van der Waals surface area contributed by atoms with E-state index in [0.717, 1.165) is 37.4 Å². The van der Waals surface area contributed by atoms with E-state index in [1.165, 1.54) is 0 Å². The van der Waals surface area contributed by atoms with Gasteiger partial charge in [0.05, 0.1) is 13.3 Å². The maximum Gasteiger partial charge on any atom is 0.137 e. The molecule has 0 aliphatic rings. The quantitative estimate of drug-likeness (QED) is 0.705. The van der Waals surface area contributed by atoms with Crippen LogP contribution in [0.1, 0.15) is 31.4 Å². The number of nitrogens with one attached hydrogen (secondary N) is 1. The number of aromatic nitrogens is 1. The van der Waals surface area contributed by atoms with E-state index < -0.39 is 0 Å². The Kier molecular flexibility index (Phi) is 6.58. The first kappa shape index (κ1) is 13.9. The van der Waals surface area contributed by atoms with Gasteiger partial charge >= 0.3 is 0 Å². The maximum atomic E-state index is 5.50. The van der Waals surface area contributed by atoms with E-state index >= 15 is 0 Å². The number of nitrogens with zero attached hydrogens (tertiary/aromatic N) is 1. The van der Waals surface area contributed by atoms with Crippen molar-refractivity contribution >= 4 is 0 Å². The number of pyridine rings is 1. The second-order valence-electron chi connectivity index (χ2n) is 3.90. The summed E-state index contributed by atoms with van der Waals surface area (Å²) in [6.07, 6.45) is 5.57. The Morgan fingerprint density at radius 1 is 1.35 bits per heavy atom. The molecule has 1 N–H and O–H groups in total. The Hall–Kier alpha value is -1.13. The number of ether oxygens (including phenoxy) is 2. The van der Waals surface area contributed by atoms with Crippen molar-refractivity contribution in [1.29, 1.82) is 0 Å². The van der Waals surface area contributed by atoms with Gasteiger partial charge in [0.15, 0.2) is 0 Å². The fraction of sp³-hybridized carbons (Fsp3) is 0.615. The molecule has 0 amide bonds. The van der Waals surface area contributed by atoms with Crippen molar-refractivity contribution in [2.45, 2.75) is 25.8 Å². The summed E-state index contributed by atoms with van der Waals surface area (Å²) >= 11 is 0. The molecule has 1 heterocycles. The molecule has 0 spiro atoms. The summed E-state index contributed by atoms with van der Waals surface area (Å²) in [6, 6.07) is 2.27. The lowest BCUT2D eigenvalue weighted by Crippen LogP contribution is -2.18. The highest BCUT2D eigenvalue weighted by Gasteiger charge is 2.10. The van der Waals surface area contributed by atoms with Gasteiger partial charge in [0.2, 0.25) is 0 Å². The van der Waals surface area contributed by atoms with Gasteiger partial charge in [0, 0.05) is 25.5 Å². The zero-order valence-electron chi connectivity index (χ0n) is 10.9. The van der Waals surface area contributed by atoms with Gasteiger partial charge in [0.1, 0.15) is 5.75 Å². The summed E-state index contributed by atoms with van der Waals surface area (Å²) in [5, 5.41) is 3.27. The third-order valence-corrected chi connectivity index (χ3v) is 2.62. The van der Waals surface area contributed by atoms with Crippen LogP contribution in [0.5, 0.6) is 5.75 Å². The molecule has 4 heteroatoms. The Morgan fingerprint density at radius 3 is 2.82 bits per heavy atom. The second-order valence-corrected chi connectivity index (χ2v) is 3.90. The van der Waals surface area contributed by atoms with E-state index in [0.29, 0.717) is 0 Å². The van der Waals surface area contributed by atoms with Crippen molar-refractivity contribution in [2.75, 3.05) is 27.4 Å². The van der Waals surface area contributed by atoms with Gasteiger partial charge in [-0.2, -0.15) is 0 Å². The average Bonchev–Trinajstić information content (AvgIpc) is 2.39. The van der Waals surface area contributed by atoms with Gasteiger partial charge in [-0.1, -0.05) is 6.92 Å². The van der Waals surface area contributed by atoms with Crippen LogP contribution in [0.2, 0.25) is 0 Å². The Balaban J connectivity index is 2.53. The predicted octanol–water partition coefficient (Wildman–Crippen LogP) is 2.17. The van der Waals surface area contributed by atoms with Gasteiger partial charge in [-0.25, -0.2) is 0 Å². The first-order chi connectivity index (χ1) is 8.31. The first-order valence-electron chi connectivity index (χ1n) is 6.05. The molecule has 0 fully saturated rings. The molecule has 1 atom stereocenters. The van der Waals surface area contributed by atoms with Crippen molar-refractivity contribution in [3.05, 3.63) is 24.0 Å². The van der Waals surface area contributed by atoms with Crippen LogP contribution >= 0.6 is 0 Å². The molecule has 0 saturated carbocycles. The largest absolute Gasteiger partial charge is 0.495 e. The predicted molar refractivity (Wildman–Crippen MR) is 68.3 cm³/mol. The van der Waals surface area contributed by atoms with Crippen LogP contribution in [0.3, 0.4) is 0 Å². The molecule has 1 aromatic rings. The summed E-state index contributed by atoms with van der Waals surface area (Å²) in [5.74, 6) is 0.789. The van der Waals surface area contributed by atoms with Crippen molar-refractivity contribution in [3.63, 3.8) is 0 Å². The van der Waals surface area contributed by atoms with E-state index in [9.17, 15) is 0 Å². The summed E-state index contributed by atoms with van der Waals surface area (Å²) in [6.45, 7) is 3.70. The number of methoxy groups -OCH3 is 1. The summed E-state index contributed by atoms with van der Waals surface area (Å²) in [7, 11) is 3.60. The summed E-state index contributed by atoms with van der Waals surface area (Å²) in [5.41, 5.74) is 1.13. The van der Waals surface area contributed by atoms with Gasteiger partial charge in [0.25, 0.3) is 0 Å². The van der Waals surface area contributed by atoms with Crippen molar-refractivity contribution in [3.8, 4) is 5.75 Å². The first-order valence-corrected chi connectivity index (χ1v) is 6.05. The standard InChI is InChI=1S/C13H22N2O2/c1-4-6-17-7-5-13(14-2)11-8-12(16-3)10-15-9-11/h8-10,13-14H,4-7H2,1-3H3. The van der Waals surface area contributed by atoms with Crippen molar-refractivity contribution < 1.29 is 9.47 Å². The molecule has 1 unspecified atom stereocenters. The van der Waals surface area contributed by atoms with Crippen LogP contribution < -0.4 is 10.1 Å². The molecule has 4 nitrogen and oxygen atoms in total. The summed E-state index contributed by atoms with van der Waals surface area (Å²) in [4.78, 5) is 4.16. The normalized spacial score (nSPS) is 12.4. The van der Waals surface area contributed by atoms with Crippen LogP contribution in [0, 0.1) is 0 Å². The average molecular weight is 238 g/mol. The molecule has 96 valence electrons. The molecule has 1 aromatic heterocycles. The SMILES string of the molecule is CCCOCCC(NC)c1cncc(OC)c1. The summed E-state index contributed by atoms with van der Waals surface area (Å²) < 4.78 is 10.7. The molecule has 0 bridgehead atoms. The van der Waals surface area contributed by atoms with Crippen LogP contribution in [0.4, 0.5) is 0 Å². The lowest BCUT2D eigenvalue weighted by atomic mass is 10.1. The van der Waals surface area contributed by atoms with Crippen LogP contribution in [0.25, 0.3) is 0 Å². The van der Waals surface area contributed by atoms with Crippen LogP contribution in [-0.2, 0) is 4.74 Å².